The van der Waals surface area contributed by atoms with Crippen LogP contribution in [0.4, 0.5) is 11.4 Å². The fourth-order valence-electron chi connectivity index (χ4n) is 4.95. The SMILES string of the molecule is CCn1c2ccccc2c2cc(/C=N\N(c3ccccc3)c3ccc(/C=C/c4ccccc4)cc3)ccc21. The van der Waals surface area contributed by atoms with Crippen LogP contribution in [0.1, 0.15) is 23.6 Å². The molecule has 38 heavy (non-hydrogen) atoms. The average molecular weight is 492 g/mol. The fraction of sp³-hybridized carbons (Fsp3) is 0.0571. The maximum atomic E-state index is 4.96. The van der Waals surface area contributed by atoms with E-state index in [9.17, 15) is 0 Å². The van der Waals surface area contributed by atoms with E-state index in [-0.39, 0.29) is 0 Å². The standard InChI is InChI=1S/C35H29N3/c1-2-37-34-16-10-9-15-32(34)33-25-29(21-24-35(33)37)26-36-38(30-13-7-4-8-14-30)31-22-19-28(20-23-31)18-17-27-11-5-3-6-12-27/h3-26H,2H2,1H3/b18-17+,36-26-. The molecule has 0 aliphatic rings. The van der Waals surface area contributed by atoms with Gasteiger partial charge in [0.15, 0.2) is 0 Å². The van der Waals surface area contributed by atoms with Crippen LogP contribution in [-0.4, -0.2) is 10.8 Å². The van der Waals surface area contributed by atoms with Crippen LogP contribution in [-0.2, 0) is 6.54 Å². The van der Waals surface area contributed by atoms with Gasteiger partial charge in [-0.25, -0.2) is 5.01 Å². The number of nitrogens with zero attached hydrogens (tertiary/aromatic N) is 3. The number of anilines is 2. The highest BCUT2D eigenvalue weighted by atomic mass is 15.5. The van der Waals surface area contributed by atoms with E-state index >= 15 is 0 Å². The quantitative estimate of drug-likeness (QED) is 0.124. The number of para-hydroxylation sites is 2. The lowest BCUT2D eigenvalue weighted by Crippen LogP contribution is -2.09. The van der Waals surface area contributed by atoms with E-state index in [0.29, 0.717) is 0 Å². The molecule has 0 radical (unpaired) electrons. The van der Waals surface area contributed by atoms with Crippen molar-refractivity contribution in [1.29, 1.82) is 0 Å². The van der Waals surface area contributed by atoms with Gasteiger partial charge in [-0.15, -0.1) is 0 Å². The molecule has 0 bridgehead atoms. The highest BCUT2D eigenvalue weighted by molar-refractivity contribution is 6.09. The Kier molecular flexibility index (Phi) is 6.57. The minimum atomic E-state index is 0.940. The zero-order valence-corrected chi connectivity index (χ0v) is 21.4. The topological polar surface area (TPSA) is 20.5 Å². The molecule has 0 spiro atoms. The average Bonchev–Trinajstić information content (AvgIpc) is 3.31. The zero-order valence-electron chi connectivity index (χ0n) is 21.4. The van der Waals surface area contributed by atoms with Crippen LogP contribution in [0.3, 0.4) is 0 Å². The minimum Gasteiger partial charge on any atom is -0.341 e. The monoisotopic (exact) mass is 491 g/mol. The van der Waals surface area contributed by atoms with Crippen molar-refractivity contribution in [2.75, 3.05) is 5.01 Å². The number of aromatic nitrogens is 1. The van der Waals surface area contributed by atoms with Crippen LogP contribution in [0.5, 0.6) is 0 Å². The van der Waals surface area contributed by atoms with Gasteiger partial charge >= 0.3 is 0 Å². The van der Waals surface area contributed by atoms with Crippen molar-refractivity contribution in [1.82, 2.24) is 4.57 Å². The summed E-state index contributed by atoms with van der Waals surface area (Å²) >= 11 is 0. The van der Waals surface area contributed by atoms with Crippen LogP contribution in [0.2, 0.25) is 0 Å². The normalized spacial score (nSPS) is 11.7. The maximum absolute atomic E-state index is 4.96. The lowest BCUT2D eigenvalue weighted by molar-refractivity contribution is 0.827. The first-order valence-corrected chi connectivity index (χ1v) is 13.0. The highest BCUT2D eigenvalue weighted by Gasteiger charge is 2.10. The molecule has 0 aliphatic heterocycles. The van der Waals surface area contributed by atoms with E-state index in [1.54, 1.807) is 0 Å². The van der Waals surface area contributed by atoms with Gasteiger partial charge in [0.05, 0.1) is 17.6 Å². The third kappa shape index (κ3) is 4.74. The van der Waals surface area contributed by atoms with Gasteiger partial charge < -0.3 is 4.57 Å². The molecule has 0 aliphatic carbocycles. The number of hydrogen-bond acceptors (Lipinski definition) is 2. The third-order valence-electron chi connectivity index (χ3n) is 6.84. The number of aryl methyl sites for hydroxylation is 1. The lowest BCUT2D eigenvalue weighted by atomic mass is 10.1. The summed E-state index contributed by atoms with van der Waals surface area (Å²) in [6.45, 7) is 3.14. The molecule has 1 heterocycles. The molecule has 3 heteroatoms. The van der Waals surface area contributed by atoms with E-state index in [0.717, 1.165) is 29.0 Å². The second-order valence-electron chi connectivity index (χ2n) is 9.27. The Morgan fingerprint density at radius 2 is 1.16 bits per heavy atom. The first kappa shape index (κ1) is 23.5. The summed E-state index contributed by atoms with van der Waals surface area (Å²) in [5.74, 6) is 0. The number of benzene rings is 5. The van der Waals surface area contributed by atoms with Crippen molar-refractivity contribution in [2.24, 2.45) is 5.10 Å². The summed E-state index contributed by atoms with van der Waals surface area (Å²) in [4.78, 5) is 0. The largest absolute Gasteiger partial charge is 0.341 e. The summed E-state index contributed by atoms with van der Waals surface area (Å²) in [5, 5.41) is 9.48. The Labute approximate surface area is 223 Å². The Bertz CT molecular complexity index is 1730. The smallest absolute Gasteiger partial charge is 0.0653 e. The molecule has 0 saturated heterocycles. The van der Waals surface area contributed by atoms with Gasteiger partial charge in [0, 0.05) is 28.4 Å². The zero-order chi connectivity index (χ0) is 25.7. The molecule has 6 aromatic rings. The van der Waals surface area contributed by atoms with Crippen LogP contribution >= 0.6 is 0 Å². The van der Waals surface area contributed by atoms with Crippen molar-refractivity contribution < 1.29 is 0 Å². The van der Waals surface area contributed by atoms with E-state index < -0.39 is 0 Å². The number of fused-ring (bicyclic) bond motifs is 3. The van der Waals surface area contributed by atoms with Gasteiger partial charge in [-0.1, -0.05) is 97.1 Å². The minimum absolute atomic E-state index is 0.940. The van der Waals surface area contributed by atoms with Crippen LogP contribution < -0.4 is 5.01 Å². The predicted molar refractivity (Wildman–Crippen MR) is 163 cm³/mol. The first-order valence-electron chi connectivity index (χ1n) is 13.0. The van der Waals surface area contributed by atoms with Crippen molar-refractivity contribution in [3.8, 4) is 0 Å². The van der Waals surface area contributed by atoms with Gasteiger partial charge in [-0.05, 0) is 66.1 Å². The molecule has 3 nitrogen and oxygen atoms in total. The van der Waals surface area contributed by atoms with Crippen molar-refractivity contribution in [2.45, 2.75) is 13.5 Å². The molecule has 0 saturated carbocycles. The Morgan fingerprint density at radius 3 is 1.89 bits per heavy atom. The van der Waals surface area contributed by atoms with Crippen molar-refractivity contribution in [3.63, 3.8) is 0 Å². The molecule has 0 amide bonds. The summed E-state index contributed by atoms with van der Waals surface area (Å²) in [6.07, 6.45) is 6.22. The molecule has 5 aromatic carbocycles. The summed E-state index contributed by atoms with van der Waals surface area (Å²) in [5.41, 5.74) is 7.95. The second-order valence-corrected chi connectivity index (χ2v) is 9.27. The summed E-state index contributed by atoms with van der Waals surface area (Å²) in [7, 11) is 0. The molecule has 184 valence electrons. The number of hydrazone groups is 1. The third-order valence-corrected chi connectivity index (χ3v) is 6.84. The van der Waals surface area contributed by atoms with Crippen LogP contribution in [0.25, 0.3) is 34.0 Å². The maximum Gasteiger partial charge on any atom is 0.0653 e. The van der Waals surface area contributed by atoms with Crippen LogP contribution in [0, 0.1) is 0 Å². The highest BCUT2D eigenvalue weighted by Crippen LogP contribution is 2.30. The predicted octanol–water partition coefficient (Wildman–Crippen LogP) is 9.16. The lowest BCUT2D eigenvalue weighted by Gasteiger charge is -2.19. The van der Waals surface area contributed by atoms with E-state index in [4.69, 9.17) is 5.10 Å². The molecular formula is C35H29N3. The van der Waals surface area contributed by atoms with E-state index in [2.05, 4.69) is 127 Å². The van der Waals surface area contributed by atoms with Gasteiger partial charge in [0.1, 0.15) is 0 Å². The van der Waals surface area contributed by atoms with Crippen LogP contribution in [0.15, 0.2) is 132 Å². The number of rotatable bonds is 7. The van der Waals surface area contributed by atoms with Crippen molar-refractivity contribution in [3.05, 3.63) is 144 Å². The van der Waals surface area contributed by atoms with Crippen molar-refractivity contribution >= 4 is 51.5 Å². The van der Waals surface area contributed by atoms with E-state index in [1.165, 1.54) is 27.4 Å². The van der Waals surface area contributed by atoms with E-state index in [1.807, 2.05) is 35.5 Å². The number of hydrogen-bond donors (Lipinski definition) is 0. The first-order chi connectivity index (χ1) is 18.8. The molecule has 6 rings (SSSR count). The summed E-state index contributed by atoms with van der Waals surface area (Å²) < 4.78 is 2.37. The van der Waals surface area contributed by atoms with Gasteiger partial charge in [0.25, 0.3) is 0 Å². The molecular weight excluding hydrogens is 462 g/mol. The Balaban J connectivity index is 1.33. The second kappa shape index (κ2) is 10.6. The molecule has 0 atom stereocenters. The molecule has 1 aromatic heterocycles. The Hall–Kier alpha value is -4.89. The van der Waals surface area contributed by atoms with Gasteiger partial charge in [-0.3, -0.25) is 0 Å². The molecule has 0 fully saturated rings. The molecule has 0 N–H and O–H groups in total. The van der Waals surface area contributed by atoms with Gasteiger partial charge in [-0.2, -0.15) is 5.10 Å². The summed E-state index contributed by atoms with van der Waals surface area (Å²) in [6, 6.07) is 44.3. The van der Waals surface area contributed by atoms with Gasteiger partial charge in [0.2, 0.25) is 0 Å². The molecule has 0 unspecified atom stereocenters. The Morgan fingerprint density at radius 1 is 0.579 bits per heavy atom. The fourth-order valence-corrected chi connectivity index (χ4v) is 4.95.